The second-order valence-corrected chi connectivity index (χ2v) is 6.42. The third-order valence-electron chi connectivity index (χ3n) is 3.91. The molecule has 1 amide bonds. The van der Waals surface area contributed by atoms with Gasteiger partial charge in [0, 0.05) is 12.0 Å². The number of carbonyl (C=O) groups excluding carboxylic acids is 1. The summed E-state index contributed by atoms with van der Waals surface area (Å²) in [6.45, 7) is 2.77. The Kier molecular flexibility index (Phi) is 3.57. The minimum Gasteiger partial charge on any atom is -0.350 e. The van der Waals surface area contributed by atoms with Crippen molar-refractivity contribution >= 4 is 17.2 Å². The van der Waals surface area contributed by atoms with Crippen molar-refractivity contribution in [3.8, 4) is 0 Å². The van der Waals surface area contributed by atoms with E-state index in [4.69, 9.17) is 0 Å². The molecule has 3 nitrogen and oxygen atoms in total. The quantitative estimate of drug-likeness (QED) is 0.917. The van der Waals surface area contributed by atoms with E-state index in [9.17, 15) is 4.79 Å². The molecule has 0 atom stereocenters. The second kappa shape index (κ2) is 5.37. The Labute approximate surface area is 123 Å². The highest BCUT2D eigenvalue weighted by Gasteiger charge is 2.44. The van der Waals surface area contributed by atoms with Gasteiger partial charge in [-0.15, -0.1) is 11.3 Å². The van der Waals surface area contributed by atoms with E-state index in [1.54, 1.807) is 6.20 Å². The molecule has 1 aromatic heterocycles. The number of aromatic nitrogens is 1. The van der Waals surface area contributed by atoms with Crippen LogP contribution in [0.25, 0.3) is 0 Å². The fraction of sp³-hybridized carbons (Fsp3) is 0.375. The molecule has 0 radical (unpaired) electrons. The van der Waals surface area contributed by atoms with Gasteiger partial charge in [-0.1, -0.05) is 37.3 Å². The minimum atomic E-state index is 0.00408. The van der Waals surface area contributed by atoms with E-state index in [1.165, 1.54) is 16.9 Å². The predicted octanol–water partition coefficient (Wildman–Crippen LogP) is 3.17. The maximum Gasteiger partial charge on any atom is 0.263 e. The summed E-state index contributed by atoms with van der Waals surface area (Å²) in [6, 6.07) is 10.5. The zero-order valence-electron chi connectivity index (χ0n) is 11.6. The molecule has 1 aliphatic rings. The Hall–Kier alpha value is -1.68. The van der Waals surface area contributed by atoms with E-state index in [1.807, 2.05) is 6.07 Å². The summed E-state index contributed by atoms with van der Waals surface area (Å²) in [5, 5.41) is 4.08. The zero-order valence-corrected chi connectivity index (χ0v) is 12.4. The summed E-state index contributed by atoms with van der Waals surface area (Å²) in [5.41, 5.74) is 1.49. The van der Waals surface area contributed by atoms with E-state index in [2.05, 4.69) is 41.5 Å². The van der Waals surface area contributed by atoms with Crippen molar-refractivity contribution in [2.75, 3.05) is 6.54 Å². The van der Waals surface area contributed by atoms with E-state index in [-0.39, 0.29) is 11.3 Å². The zero-order chi connectivity index (χ0) is 14.0. The van der Waals surface area contributed by atoms with Crippen molar-refractivity contribution in [3.63, 3.8) is 0 Å². The van der Waals surface area contributed by atoms with E-state index >= 15 is 0 Å². The number of benzene rings is 1. The van der Waals surface area contributed by atoms with Gasteiger partial charge < -0.3 is 5.32 Å². The number of hydrogen-bond donors (Lipinski definition) is 1. The Morgan fingerprint density at radius 3 is 2.70 bits per heavy atom. The predicted molar refractivity (Wildman–Crippen MR) is 81.2 cm³/mol. The van der Waals surface area contributed by atoms with Gasteiger partial charge in [-0.2, -0.15) is 0 Å². The van der Waals surface area contributed by atoms with Crippen LogP contribution in [0.4, 0.5) is 0 Å². The fourth-order valence-corrected chi connectivity index (χ4v) is 3.20. The molecule has 4 heteroatoms. The molecule has 1 N–H and O–H groups in total. The molecule has 1 fully saturated rings. The number of carbonyl (C=O) groups is 1. The monoisotopic (exact) mass is 286 g/mol. The van der Waals surface area contributed by atoms with E-state index < -0.39 is 0 Å². The molecule has 3 rings (SSSR count). The highest BCUT2D eigenvalue weighted by molar-refractivity contribution is 7.13. The van der Waals surface area contributed by atoms with Gasteiger partial charge in [0.2, 0.25) is 0 Å². The lowest BCUT2D eigenvalue weighted by molar-refractivity contribution is 0.0953. The normalized spacial score (nSPS) is 15.8. The minimum absolute atomic E-state index is 0.00408. The van der Waals surface area contributed by atoms with Gasteiger partial charge in [0.25, 0.3) is 5.91 Å². The number of thiazole rings is 1. The van der Waals surface area contributed by atoms with Gasteiger partial charge in [-0.25, -0.2) is 4.98 Å². The topological polar surface area (TPSA) is 42.0 Å². The summed E-state index contributed by atoms with van der Waals surface area (Å²) < 4.78 is 0. The molecule has 0 unspecified atom stereocenters. The second-order valence-electron chi connectivity index (χ2n) is 5.30. The lowest BCUT2D eigenvalue weighted by atomic mass is 9.96. The van der Waals surface area contributed by atoms with Crippen LogP contribution in [-0.4, -0.2) is 17.4 Å². The summed E-state index contributed by atoms with van der Waals surface area (Å²) in [4.78, 5) is 17.1. The van der Waals surface area contributed by atoms with Gasteiger partial charge in [-0.05, 0) is 24.8 Å². The first kappa shape index (κ1) is 13.3. The standard InChI is InChI=1S/C16H18N2OS/c1-2-14-17-10-13(20-14)15(19)18-11-16(8-9-16)12-6-4-3-5-7-12/h3-7,10H,2,8-9,11H2,1H3,(H,18,19). The number of amides is 1. The summed E-state index contributed by atoms with van der Waals surface area (Å²) >= 11 is 1.48. The third kappa shape index (κ3) is 2.61. The van der Waals surface area contributed by atoms with Crippen LogP contribution in [-0.2, 0) is 11.8 Å². The van der Waals surface area contributed by atoms with Crippen molar-refractivity contribution in [2.45, 2.75) is 31.6 Å². The van der Waals surface area contributed by atoms with Crippen LogP contribution in [0.1, 0.15) is 40.0 Å². The smallest absolute Gasteiger partial charge is 0.263 e. The Balaban J connectivity index is 1.63. The SMILES string of the molecule is CCc1ncc(C(=O)NCC2(c3ccccc3)CC2)s1. The first-order chi connectivity index (χ1) is 9.73. The van der Waals surface area contributed by atoms with Crippen LogP contribution >= 0.6 is 11.3 Å². The molecule has 104 valence electrons. The summed E-state index contributed by atoms with van der Waals surface area (Å²) in [6.07, 6.45) is 4.87. The van der Waals surface area contributed by atoms with Crippen molar-refractivity contribution < 1.29 is 4.79 Å². The maximum absolute atomic E-state index is 12.1. The van der Waals surface area contributed by atoms with Crippen molar-refractivity contribution in [1.82, 2.24) is 10.3 Å². The fourth-order valence-electron chi connectivity index (χ4n) is 2.43. The third-order valence-corrected chi connectivity index (χ3v) is 5.05. The summed E-state index contributed by atoms with van der Waals surface area (Å²) in [5.74, 6) is 0.00408. The highest BCUT2D eigenvalue weighted by atomic mass is 32.1. The van der Waals surface area contributed by atoms with Crippen molar-refractivity contribution in [3.05, 3.63) is 52.0 Å². The Bertz CT molecular complexity index is 602. The molecule has 0 aliphatic heterocycles. The number of nitrogens with zero attached hydrogens (tertiary/aromatic N) is 1. The van der Waals surface area contributed by atoms with Crippen LogP contribution < -0.4 is 5.32 Å². The maximum atomic E-state index is 12.1. The van der Waals surface area contributed by atoms with Crippen LogP contribution in [0.5, 0.6) is 0 Å². The van der Waals surface area contributed by atoms with Gasteiger partial charge in [-0.3, -0.25) is 4.79 Å². The molecule has 0 spiro atoms. The molecule has 1 aromatic carbocycles. The van der Waals surface area contributed by atoms with Crippen LogP contribution in [0, 0.1) is 0 Å². The van der Waals surface area contributed by atoms with Crippen molar-refractivity contribution in [2.24, 2.45) is 0 Å². The first-order valence-corrected chi connectivity index (χ1v) is 7.83. The molecule has 1 aliphatic carbocycles. The average molecular weight is 286 g/mol. The number of nitrogens with one attached hydrogen (secondary N) is 1. The largest absolute Gasteiger partial charge is 0.350 e. The molecular weight excluding hydrogens is 268 g/mol. The van der Waals surface area contributed by atoms with Gasteiger partial charge in [0.15, 0.2) is 0 Å². The van der Waals surface area contributed by atoms with Crippen molar-refractivity contribution in [1.29, 1.82) is 0 Å². The Morgan fingerprint density at radius 2 is 2.10 bits per heavy atom. The van der Waals surface area contributed by atoms with Gasteiger partial charge >= 0.3 is 0 Å². The average Bonchev–Trinajstić information content (AvgIpc) is 3.14. The molecule has 0 saturated heterocycles. The molecule has 20 heavy (non-hydrogen) atoms. The number of hydrogen-bond acceptors (Lipinski definition) is 3. The van der Waals surface area contributed by atoms with E-state index in [0.717, 1.165) is 30.8 Å². The van der Waals surface area contributed by atoms with E-state index in [0.29, 0.717) is 4.88 Å². The first-order valence-electron chi connectivity index (χ1n) is 7.02. The molecule has 1 saturated carbocycles. The van der Waals surface area contributed by atoms with Crippen LogP contribution in [0.2, 0.25) is 0 Å². The molecular formula is C16H18N2OS. The molecule has 0 bridgehead atoms. The highest BCUT2D eigenvalue weighted by Crippen LogP contribution is 2.47. The number of aryl methyl sites for hydroxylation is 1. The number of rotatable bonds is 5. The lowest BCUT2D eigenvalue weighted by Crippen LogP contribution is -2.31. The summed E-state index contributed by atoms with van der Waals surface area (Å²) in [7, 11) is 0. The Morgan fingerprint density at radius 1 is 1.35 bits per heavy atom. The molecule has 2 aromatic rings. The van der Waals surface area contributed by atoms with Crippen LogP contribution in [0.3, 0.4) is 0 Å². The lowest BCUT2D eigenvalue weighted by Gasteiger charge is -2.16. The van der Waals surface area contributed by atoms with Crippen LogP contribution in [0.15, 0.2) is 36.5 Å². The van der Waals surface area contributed by atoms with Gasteiger partial charge in [0.1, 0.15) is 4.88 Å². The van der Waals surface area contributed by atoms with Gasteiger partial charge in [0.05, 0.1) is 11.2 Å². The molecule has 1 heterocycles.